The molecule has 1 atom stereocenters. The molecule has 0 saturated heterocycles. The fourth-order valence-electron chi connectivity index (χ4n) is 1.66. The van der Waals surface area contributed by atoms with Crippen molar-refractivity contribution in [2.24, 2.45) is 5.92 Å². The topological polar surface area (TPSA) is 32.3 Å². The largest absolute Gasteiger partial charge is 0.352 e. The summed E-state index contributed by atoms with van der Waals surface area (Å²) in [5, 5.41) is 2.94. The molecule has 0 spiro atoms. The van der Waals surface area contributed by atoms with Crippen molar-refractivity contribution in [2.45, 2.75) is 6.92 Å². The molecule has 1 rings (SSSR count). The van der Waals surface area contributed by atoms with E-state index in [1.165, 1.54) is 0 Å². The minimum Gasteiger partial charge on any atom is -0.352 e. The van der Waals surface area contributed by atoms with Crippen molar-refractivity contribution in [2.75, 3.05) is 27.2 Å². The summed E-state index contributed by atoms with van der Waals surface area (Å²) in [6.45, 7) is 3.80. The van der Waals surface area contributed by atoms with Gasteiger partial charge in [-0.05, 0) is 44.3 Å². The molecule has 1 N–H and O–H groups in total. The highest BCUT2D eigenvalue weighted by Gasteiger charge is 2.08. The maximum Gasteiger partial charge on any atom is 0.251 e. The first-order valence-corrected chi connectivity index (χ1v) is 6.47. The average Bonchev–Trinajstić information content (AvgIpc) is 2.26. The monoisotopic (exact) mass is 298 g/mol. The van der Waals surface area contributed by atoms with E-state index in [1.807, 2.05) is 38.4 Å². The zero-order valence-corrected chi connectivity index (χ0v) is 12.1. The van der Waals surface area contributed by atoms with Crippen LogP contribution in [0.2, 0.25) is 0 Å². The van der Waals surface area contributed by atoms with E-state index < -0.39 is 0 Å². The SMILES string of the molecule is CC(CNC(=O)c1ccc(Br)cc1)CN(C)C. The normalized spacial score (nSPS) is 12.5. The lowest BCUT2D eigenvalue weighted by Crippen LogP contribution is -2.32. The molecular formula is C13H19BrN2O. The van der Waals surface area contributed by atoms with Gasteiger partial charge in [-0.2, -0.15) is 0 Å². The molecule has 0 aliphatic carbocycles. The van der Waals surface area contributed by atoms with Gasteiger partial charge in [0.25, 0.3) is 5.91 Å². The van der Waals surface area contributed by atoms with Crippen LogP contribution in [-0.4, -0.2) is 38.0 Å². The molecule has 0 aliphatic heterocycles. The Labute approximate surface area is 111 Å². The maximum atomic E-state index is 11.8. The van der Waals surface area contributed by atoms with Crippen LogP contribution in [0.5, 0.6) is 0 Å². The Morgan fingerprint density at radius 2 is 1.94 bits per heavy atom. The Kier molecular flexibility index (Phi) is 5.65. The van der Waals surface area contributed by atoms with E-state index >= 15 is 0 Å². The third kappa shape index (κ3) is 5.33. The van der Waals surface area contributed by atoms with Crippen LogP contribution in [0.15, 0.2) is 28.7 Å². The summed E-state index contributed by atoms with van der Waals surface area (Å²) in [4.78, 5) is 13.9. The van der Waals surface area contributed by atoms with Crippen LogP contribution >= 0.6 is 15.9 Å². The highest BCUT2D eigenvalue weighted by Crippen LogP contribution is 2.10. The van der Waals surface area contributed by atoms with Crippen LogP contribution < -0.4 is 5.32 Å². The second-order valence-corrected chi connectivity index (χ2v) is 5.50. The van der Waals surface area contributed by atoms with Gasteiger partial charge in [0.1, 0.15) is 0 Å². The molecule has 0 bridgehead atoms. The zero-order chi connectivity index (χ0) is 12.8. The van der Waals surface area contributed by atoms with Crippen LogP contribution in [0.25, 0.3) is 0 Å². The van der Waals surface area contributed by atoms with Crippen molar-refractivity contribution in [1.82, 2.24) is 10.2 Å². The van der Waals surface area contributed by atoms with E-state index in [1.54, 1.807) is 0 Å². The number of halogens is 1. The first-order chi connectivity index (χ1) is 7.99. The lowest BCUT2D eigenvalue weighted by molar-refractivity contribution is 0.0946. The third-order valence-corrected chi connectivity index (χ3v) is 2.92. The number of amides is 1. The Morgan fingerprint density at radius 3 is 2.47 bits per heavy atom. The average molecular weight is 299 g/mol. The number of hydrogen-bond acceptors (Lipinski definition) is 2. The molecule has 1 unspecified atom stereocenters. The number of rotatable bonds is 5. The molecule has 0 saturated carbocycles. The summed E-state index contributed by atoms with van der Waals surface area (Å²) < 4.78 is 0.982. The lowest BCUT2D eigenvalue weighted by Gasteiger charge is -2.17. The highest BCUT2D eigenvalue weighted by molar-refractivity contribution is 9.10. The number of nitrogens with zero attached hydrogens (tertiary/aromatic N) is 1. The molecule has 1 aromatic rings. The van der Waals surface area contributed by atoms with Crippen LogP contribution in [0, 0.1) is 5.92 Å². The smallest absolute Gasteiger partial charge is 0.251 e. The summed E-state index contributed by atoms with van der Waals surface area (Å²) in [5.41, 5.74) is 0.699. The maximum absolute atomic E-state index is 11.8. The van der Waals surface area contributed by atoms with Gasteiger partial charge in [0.15, 0.2) is 0 Å². The molecule has 3 nitrogen and oxygen atoms in total. The fraction of sp³-hybridized carbons (Fsp3) is 0.462. The Hall–Kier alpha value is -0.870. The number of benzene rings is 1. The quantitative estimate of drug-likeness (QED) is 0.905. The molecule has 0 aliphatic rings. The molecular weight excluding hydrogens is 280 g/mol. The van der Waals surface area contributed by atoms with Crippen molar-refractivity contribution in [3.05, 3.63) is 34.3 Å². The molecule has 0 fully saturated rings. The number of carbonyl (C=O) groups excluding carboxylic acids is 1. The van der Waals surface area contributed by atoms with E-state index in [0.29, 0.717) is 18.0 Å². The van der Waals surface area contributed by atoms with Crippen molar-refractivity contribution in [3.8, 4) is 0 Å². The Bertz CT molecular complexity index is 362. The third-order valence-electron chi connectivity index (χ3n) is 2.39. The number of hydrogen-bond donors (Lipinski definition) is 1. The Morgan fingerprint density at radius 1 is 1.35 bits per heavy atom. The van der Waals surface area contributed by atoms with E-state index in [4.69, 9.17) is 0 Å². The van der Waals surface area contributed by atoms with E-state index in [9.17, 15) is 4.79 Å². The van der Waals surface area contributed by atoms with Crippen LogP contribution in [0.4, 0.5) is 0 Å². The van der Waals surface area contributed by atoms with Gasteiger partial charge in [0, 0.05) is 23.1 Å². The summed E-state index contributed by atoms with van der Waals surface area (Å²) in [6.07, 6.45) is 0. The van der Waals surface area contributed by atoms with Crippen LogP contribution in [-0.2, 0) is 0 Å². The van der Waals surface area contributed by atoms with Gasteiger partial charge in [0.2, 0.25) is 0 Å². The van der Waals surface area contributed by atoms with E-state index in [-0.39, 0.29) is 5.91 Å². The molecule has 1 amide bonds. The summed E-state index contributed by atoms with van der Waals surface area (Å²) in [5.74, 6) is 0.438. The molecule has 1 aromatic carbocycles. The van der Waals surface area contributed by atoms with Gasteiger partial charge in [0.05, 0.1) is 0 Å². The predicted octanol–water partition coefficient (Wildman–Crippen LogP) is 2.38. The number of nitrogens with one attached hydrogen (secondary N) is 1. The van der Waals surface area contributed by atoms with Crippen molar-refractivity contribution in [1.29, 1.82) is 0 Å². The molecule has 94 valence electrons. The minimum absolute atomic E-state index is 0.0110. The van der Waals surface area contributed by atoms with Gasteiger partial charge < -0.3 is 10.2 Å². The second kappa shape index (κ2) is 6.77. The van der Waals surface area contributed by atoms with E-state index in [2.05, 4.69) is 33.1 Å². The molecule has 4 heteroatoms. The molecule has 17 heavy (non-hydrogen) atoms. The standard InChI is InChI=1S/C13H19BrN2O/c1-10(9-16(2)3)8-15-13(17)11-4-6-12(14)7-5-11/h4-7,10H,8-9H2,1-3H3,(H,15,17). The van der Waals surface area contributed by atoms with Gasteiger partial charge in [-0.15, -0.1) is 0 Å². The highest BCUT2D eigenvalue weighted by atomic mass is 79.9. The summed E-state index contributed by atoms with van der Waals surface area (Å²) >= 11 is 3.35. The minimum atomic E-state index is -0.0110. The molecule has 0 radical (unpaired) electrons. The van der Waals surface area contributed by atoms with Gasteiger partial charge in [-0.1, -0.05) is 22.9 Å². The predicted molar refractivity (Wildman–Crippen MR) is 74.2 cm³/mol. The van der Waals surface area contributed by atoms with Crippen molar-refractivity contribution in [3.63, 3.8) is 0 Å². The lowest BCUT2D eigenvalue weighted by atomic mass is 10.1. The van der Waals surface area contributed by atoms with Crippen LogP contribution in [0.1, 0.15) is 17.3 Å². The first-order valence-electron chi connectivity index (χ1n) is 5.67. The number of carbonyl (C=O) groups is 1. The van der Waals surface area contributed by atoms with Gasteiger partial charge >= 0.3 is 0 Å². The molecule has 0 heterocycles. The van der Waals surface area contributed by atoms with Gasteiger partial charge in [-0.3, -0.25) is 4.79 Å². The zero-order valence-electron chi connectivity index (χ0n) is 10.5. The van der Waals surface area contributed by atoms with Crippen molar-refractivity contribution < 1.29 is 4.79 Å². The van der Waals surface area contributed by atoms with E-state index in [0.717, 1.165) is 11.0 Å². The van der Waals surface area contributed by atoms with Gasteiger partial charge in [-0.25, -0.2) is 0 Å². The summed E-state index contributed by atoms with van der Waals surface area (Å²) in [7, 11) is 4.07. The molecule has 0 aromatic heterocycles. The fourth-order valence-corrected chi connectivity index (χ4v) is 1.92. The summed E-state index contributed by atoms with van der Waals surface area (Å²) in [6, 6.07) is 7.38. The van der Waals surface area contributed by atoms with Crippen molar-refractivity contribution >= 4 is 21.8 Å². The second-order valence-electron chi connectivity index (χ2n) is 4.58. The van der Waals surface area contributed by atoms with Crippen LogP contribution in [0.3, 0.4) is 0 Å². The first kappa shape index (κ1) is 14.2. The Balaban J connectivity index is 2.42.